The second-order valence-electron chi connectivity index (χ2n) is 6.94. The molecule has 30 heavy (non-hydrogen) atoms. The maximum atomic E-state index is 13.0. The van der Waals surface area contributed by atoms with Crippen molar-refractivity contribution in [3.63, 3.8) is 0 Å². The summed E-state index contributed by atoms with van der Waals surface area (Å²) in [6.07, 6.45) is 0. The molecule has 0 fully saturated rings. The number of aromatic nitrogens is 3. The van der Waals surface area contributed by atoms with E-state index in [4.69, 9.17) is 9.47 Å². The first-order chi connectivity index (χ1) is 14.1. The molecule has 0 saturated heterocycles. The van der Waals surface area contributed by atoms with Crippen molar-refractivity contribution >= 4 is 0 Å². The molecule has 0 unspecified atom stereocenters. The third-order valence-electron chi connectivity index (χ3n) is 5.11. The largest absolute Gasteiger partial charge is 1.00 e. The Kier molecular flexibility index (Phi) is 5.60. The van der Waals surface area contributed by atoms with Gasteiger partial charge in [0.2, 0.25) is 0 Å². The van der Waals surface area contributed by atoms with Crippen molar-refractivity contribution < 1.29 is 44.1 Å². The number of nitrogens with zero attached hydrogens (tertiary/aromatic N) is 3. The average molecular weight is 411 g/mol. The summed E-state index contributed by atoms with van der Waals surface area (Å²) in [5, 5.41) is 17.1. The Morgan fingerprint density at radius 1 is 1.03 bits per heavy atom. The Morgan fingerprint density at radius 3 is 2.53 bits per heavy atom. The van der Waals surface area contributed by atoms with Gasteiger partial charge >= 0.3 is 29.6 Å². The van der Waals surface area contributed by atoms with E-state index in [1.165, 1.54) is 10.7 Å². The minimum atomic E-state index is -0.236. The van der Waals surface area contributed by atoms with Crippen LogP contribution < -0.4 is 49.7 Å². The molecule has 0 atom stereocenters. The number of rotatable bonds is 3. The van der Waals surface area contributed by atoms with E-state index >= 15 is 0 Å². The van der Waals surface area contributed by atoms with Crippen LogP contribution in [0.5, 0.6) is 17.4 Å². The maximum Gasteiger partial charge on any atom is 1.00 e. The summed E-state index contributed by atoms with van der Waals surface area (Å²) in [4.78, 5) is 13.0. The van der Waals surface area contributed by atoms with Crippen molar-refractivity contribution in [2.45, 2.75) is 13.5 Å². The zero-order valence-electron chi connectivity index (χ0n) is 16.8. The molecule has 146 valence electrons. The van der Waals surface area contributed by atoms with Crippen molar-refractivity contribution in [3.05, 3.63) is 76.2 Å². The van der Waals surface area contributed by atoms with Crippen LogP contribution in [0.2, 0.25) is 0 Å². The van der Waals surface area contributed by atoms with Crippen LogP contribution in [0, 0.1) is 6.92 Å². The van der Waals surface area contributed by atoms with Gasteiger partial charge in [0, 0.05) is 12.2 Å². The number of para-hydroxylation sites is 1. The van der Waals surface area contributed by atoms with Gasteiger partial charge in [-0.05, 0) is 48.7 Å². The van der Waals surface area contributed by atoms with E-state index in [1.807, 2.05) is 48.5 Å². The van der Waals surface area contributed by atoms with Crippen LogP contribution in [-0.2, 0) is 6.54 Å². The fourth-order valence-corrected chi connectivity index (χ4v) is 3.66. The smallest absolute Gasteiger partial charge is 0.860 e. The average Bonchev–Trinajstić information content (AvgIpc) is 3.07. The van der Waals surface area contributed by atoms with Gasteiger partial charge < -0.3 is 19.1 Å². The van der Waals surface area contributed by atoms with Crippen LogP contribution in [0.25, 0.3) is 16.9 Å². The van der Waals surface area contributed by atoms with E-state index in [1.54, 1.807) is 11.5 Å². The van der Waals surface area contributed by atoms with Gasteiger partial charge in [0.05, 0.1) is 16.9 Å². The van der Waals surface area contributed by atoms with Gasteiger partial charge in [0.1, 0.15) is 13.2 Å². The molecule has 0 radical (unpaired) electrons. The first-order valence-electron chi connectivity index (χ1n) is 9.36. The molecule has 0 saturated carbocycles. The number of hydrogen-bond donors (Lipinski definition) is 0. The maximum absolute atomic E-state index is 13.0. The Labute approximate surface area is 195 Å². The molecule has 3 heterocycles. The SMILES string of the molecule is Cc1c2c(=O)n(-c3ccccc3)nc-2cc([O-])n1Cc1ccc2c(c1)OCCO2.[Na+]. The van der Waals surface area contributed by atoms with Crippen molar-refractivity contribution in [1.29, 1.82) is 0 Å². The van der Waals surface area contributed by atoms with Gasteiger partial charge in [-0.25, -0.2) is 0 Å². The van der Waals surface area contributed by atoms with Gasteiger partial charge in [-0.15, -0.1) is 0 Å². The predicted molar refractivity (Wildman–Crippen MR) is 105 cm³/mol. The summed E-state index contributed by atoms with van der Waals surface area (Å²) in [6.45, 7) is 3.13. The number of hydrogen-bond acceptors (Lipinski definition) is 5. The summed E-state index contributed by atoms with van der Waals surface area (Å²) in [7, 11) is 0. The second kappa shape index (κ2) is 8.18. The fourth-order valence-electron chi connectivity index (χ4n) is 3.66. The van der Waals surface area contributed by atoms with Crippen molar-refractivity contribution in [2.75, 3.05) is 13.2 Å². The predicted octanol–water partition coefficient (Wildman–Crippen LogP) is -0.656. The molecule has 0 spiro atoms. The van der Waals surface area contributed by atoms with Crippen LogP contribution in [0.4, 0.5) is 0 Å². The first kappa shape index (κ1) is 20.5. The molecule has 5 rings (SSSR count). The minimum Gasteiger partial charge on any atom is -0.860 e. The Hall–Kier alpha value is -2.74. The normalized spacial score (nSPS) is 12.6. The van der Waals surface area contributed by atoms with Gasteiger partial charge in [0.25, 0.3) is 5.56 Å². The minimum absolute atomic E-state index is 0. The monoisotopic (exact) mass is 411 g/mol. The van der Waals surface area contributed by atoms with Crippen LogP contribution in [0.15, 0.2) is 59.4 Å². The molecule has 0 N–H and O–H groups in total. The fraction of sp³-hybridized carbons (Fsp3) is 0.182. The number of pyridine rings is 1. The van der Waals surface area contributed by atoms with Crippen molar-refractivity contribution in [1.82, 2.24) is 14.3 Å². The number of fused-ring (bicyclic) bond motifs is 2. The molecular formula is C22H18N3NaO4. The zero-order valence-corrected chi connectivity index (χ0v) is 18.8. The molecule has 8 heteroatoms. The van der Waals surface area contributed by atoms with Crippen LogP contribution in [0.1, 0.15) is 11.3 Å². The van der Waals surface area contributed by atoms with E-state index in [9.17, 15) is 9.90 Å². The molecular weight excluding hydrogens is 393 g/mol. The van der Waals surface area contributed by atoms with E-state index in [0.29, 0.717) is 53.9 Å². The quantitative estimate of drug-likeness (QED) is 0.419. The second-order valence-corrected chi connectivity index (χ2v) is 6.94. The molecule has 2 aromatic rings. The third kappa shape index (κ3) is 3.49. The Balaban J connectivity index is 0.00000218. The molecule has 7 nitrogen and oxygen atoms in total. The molecule has 0 bridgehead atoms. The van der Waals surface area contributed by atoms with E-state index in [0.717, 1.165) is 5.56 Å². The van der Waals surface area contributed by atoms with Crippen LogP contribution in [-0.4, -0.2) is 27.6 Å². The van der Waals surface area contributed by atoms with Gasteiger partial charge in [-0.3, -0.25) is 4.79 Å². The first-order valence-corrected chi connectivity index (χ1v) is 9.36. The van der Waals surface area contributed by atoms with Gasteiger partial charge in [-0.2, -0.15) is 9.78 Å². The summed E-state index contributed by atoms with van der Waals surface area (Å²) in [6, 6.07) is 16.2. The molecule has 3 aliphatic heterocycles. The molecule has 3 aliphatic rings. The summed E-state index contributed by atoms with van der Waals surface area (Å²) in [5.74, 6) is 1.16. The number of benzene rings is 2. The van der Waals surface area contributed by atoms with Crippen LogP contribution >= 0.6 is 0 Å². The third-order valence-corrected chi connectivity index (χ3v) is 5.11. The number of ether oxygens (including phenoxy) is 2. The molecule has 0 aromatic heterocycles. The summed E-state index contributed by atoms with van der Waals surface area (Å²) in [5.41, 5.74) is 2.76. The molecule has 0 aliphatic carbocycles. The van der Waals surface area contributed by atoms with Crippen molar-refractivity contribution in [2.24, 2.45) is 0 Å². The Morgan fingerprint density at radius 2 is 1.77 bits per heavy atom. The standard InChI is InChI=1S/C22H19N3O4.Na/c1-14-21-17(23-25(22(21)27)16-5-3-2-4-6-16)12-20(26)24(14)13-15-7-8-18-19(11-15)29-10-9-28-18;/h2-8,11-12,26H,9-10,13H2,1H3;/q;+1/p-1. The topological polar surface area (TPSA) is 81.3 Å². The molecule has 2 aromatic carbocycles. The van der Waals surface area contributed by atoms with Gasteiger partial charge in [0.15, 0.2) is 11.5 Å². The van der Waals surface area contributed by atoms with Gasteiger partial charge in [-0.1, -0.05) is 24.3 Å². The zero-order chi connectivity index (χ0) is 20.0. The Bertz CT molecular complexity index is 1230. The van der Waals surface area contributed by atoms with Crippen molar-refractivity contribution in [3.8, 4) is 34.3 Å². The summed E-state index contributed by atoms with van der Waals surface area (Å²) < 4.78 is 14.1. The molecule has 0 amide bonds. The van der Waals surface area contributed by atoms with E-state index < -0.39 is 0 Å². The van der Waals surface area contributed by atoms with E-state index in [2.05, 4.69) is 5.10 Å². The van der Waals surface area contributed by atoms with E-state index in [-0.39, 0.29) is 41.0 Å². The summed E-state index contributed by atoms with van der Waals surface area (Å²) >= 11 is 0. The van der Waals surface area contributed by atoms with Crippen LogP contribution in [0.3, 0.4) is 0 Å².